The number of hydrogen-bond donors (Lipinski definition) is 1. The van der Waals surface area contributed by atoms with Gasteiger partial charge in [0.15, 0.2) is 0 Å². The molecule has 0 spiro atoms. The molecule has 2 rings (SSSR count). The highest BCUT2D eigenvalue weighted by molar-refractivity contribution is 7.09. The van der Waals surface area contributed by atoms with Crippen molar-refractivity contribution in [3.63, 3.8) is 0 Å². The average molecular weight is 275 g/mol. The van der Waals surface area contributed by atoms with Crippen LogP contribution in [0.2, 0.25) is 0 Å². The molecule has 102 valence electrons. The Kier molecular flexibility index (Phi) is 4.66. The van der Waals surface area contributed by atoms with Gasteiger partial charge in [0, 0.05) is 36.6 Å². The van der Waals surface area contributed by atoms with E-state index >= 15 is 0 Å². The van der Waals surface area contributed by atoms with E-state index in [0.29, 0.717) is 6.04 Å². The third-order valence-corrected chi connectivity index (χ3v) is 3.67. The molecule has 0 amide bonds. The van der Waals surface area contributed by atoms with Crippen LogP contribution in [-0.4, -0.2) is 9.97 Å². The lowest BCUT2D eigenvalue weighted by Gasteiger charge is -2.27. The van der Waals surface area contributed by atoms with Gasteiger partial charge in [-0.2, -0.15) is 0 Å². The quantitative estimate of drug-likeness (QED) is 0.901. The monoisotopic (exact) mass is 275 g/mol. The van der Waals surface area contributed by atoms with E-state index in [4.69, 9.17) is 0 Å². The van der Waals surface area contributed by atoms with Gasteiger partial charge in [-0.25, -0.2) is 4.98 Å². The van der Waals surface area contributed by atoms with Gasteiger partial charge in [0.05, 0.1) is 0 Å². The molecule has 0 aliphatic heterocycles. The van der Waals surface area contributed by atoms with Gasteiger partial charge in [0.25, 0.3) is 0 Å². The lowest BCUT2D eigenvalue weighted by molar-refractivity contribution is 0.310. The van der Waals surface area contributed by atoms with E-state index in [-0.39, 0.29) is 5.41 Å². The van der Waals surface area contributed by atoms with Crippen LogP contribution in [-0.2, 0) is 6.54 Å². The largest absolute Gasteiger partial charge is 0.303 e. The molecule has 0 aromatic carbocycles. The molecule has 0 radical (unpaired) electrons. The maximum atomic E-state index is 4.32. The summed E-state index contributed by atoms with van der Waals surface area (Å²) in [7, 11) is 0. The first kappa shape index (κ1) is 14.2. The fraction of sp³-hybridized carbons (Fsp3) is 0.467. The van der Waals surface area contributed by atoms with Crippen molar-refractivity contribution in [3.8, 4) is 0 Å². The summed E-state index contributed by atoms with van der Waals surface area (Å²) in [5.41, 5.74) is 1.52. The van der Waals surface area contributed by atoms with Crippen LogP contribution in [0, 0.1) is 5.41 Å². The van der Waals surface area contributed by atoms with Crippen LogP contribution in [0.5, 0.6) is 0 Å². The fourth-order valence-corrected chi connectivity index (χ4v) is 2.62. The second-order valence-electron chi connectivity index (χ2n) is 5.91. The highest BCUT2D eigenvalue weighted by Crippen LogP contribution is 2.29. The van der Waals surface area contributed by atoms with Gasteiger partial charge in [0.2, 0.25) is 0 Å². The zero-order chi connectivity index (χ0) is 13.7. The molecule has 0 fully saturated rings. The summed E-state index contributed by atoms with van der Waals surface area (Å²) in [4.78, 5) is 8.55. The predicted octanol–water partition coefficient (Wildman–Crippen LogP) is 3.81. The van der Waals surface area contributed by atoms with Crippen molar-refractivity contribution in [3.05, 3.63) is 46.7 Å². The Morgan fingerprint density at radius 3 is 2.74 bits per heavy atom. The molecular formula is C15H21N3S. The molecule has 0 aliphatic carbocycles. The van der Waals surface area contributed by atoms with Gasteiger partial charge in [0.1, 0.15) is 5.01 Å². The molecule has 0 aliphatic rings. The molecule has 1 N–H and O–H groups in total. The van der Waals surface area contributed by atoms with Crippen LogP contribution in [0.25, 0.3) is 0 Å². The standard InChI is InChI=1S/C15H21N3S/c1-15(2,3)9-13(12-5-4-6-16-10-12)18-11-14-17-7-8-19-14/h4-8,10,13,18H,9,11H2,1-3H3. The molecule has 1 atom stereocenters. The van der Waals surface area contributed by atoms with E-state index in [2.05, 4.69) is 42.1 Å². The lowest BCUT2D eigenvalue weighted by Crippen LogP contribution is -2.25. The van der Waals surface area contributed by atoms with Crippen LogP contribution in [0.15, 0.2) is 36.1 Å². The zero-order valence-corrected chi connectivity index (χ0v) is 12.6. The van der Waals surface area contributed by atoms with Crippen LogP contribution in [0.1, 0.15) is 43.8 Å². The van der Waals surface area contributed by atoms with Crippen molar-refractivity contribution in [2.45, 2.75) is 39.8 Å². The normalized spacial score (nSPS) is 13.4. The summed E-state index contributed by atoms with van der Waals surface area (Å²) in [6.45, 7) is 7.61. The molecule has 4 heteroatoms. The summed E-state index contributed by atoms with van der Waals surface area (Å²) in [5, 5.41) is 6.74. The fourth-order valence-electron chi connectivity index (χ4n) is 2.05. The van der Waals surface area contributed by atoms with E-state index in [1.807, 2.05) is 30.0 Å². The van der Waals surface area contributed by atoms with E-state index in [1.54, 1.807) is 11.3 Å². The predicted molar refractivity (Wildman–Crippen MR) is 80.0 cm³/mol. The number of nitrogens with one attached hydrogen (secondary N) is 1. The Morgan fingerprint density at radius 2 is 2.16 bits per heavy atom. The second-order valence-corrected chi connectivity index (χ2v) is 6.89. The highest BCUT2D eigenvalue weighted by atomic mass is 32.1. The molecule has 1 unspecified atom stereocenters. The molecule has 0 saturated heterocycles. The van der Waals surface area contributed by atoms with E-state index in [1.165, 1.54) is 5.56 Å². The number of aromatic nitrogens is 2. The first-order chi connectivity index (χ1) is 9.04. The van der Waals surface area contributed by atoms with Gasteiger partial charge in [-0.3, -0.25) is 4.98 Å². The Balaban J connectivity index is 2.06. The SMILES string of the molecule is CC(C)(C)CC(NCc1nccs1)c1cccnc1. The smallest absolute Gasteiger partial charge is 0.106 e. The molecule has 2 aromatic rings. The maximum absolute atomic E-state index is 4.32. The van der Waals surface area contributed by atoms with Crippen LogP contribution in [0.4, 0.5) is 0 Å². The second kappa shape index (κ2) is 6.26. The van der Waals surface area contributed by atoms with E-state index < -0.39 is 0 Å². The molecule has 19 heavy (non-hydrogen) atoms. The number of rotatable bonds is 5. The lowest BCUT2D eigenvalue weighted by atomic mass is 9.86. The molecule has 2 heterocycles. The van der Waals surface area contributed by atoms with Crippen LogP contribution >= 0.6 is 11.3 Å². The maximum Gasteiger partial charge on any atom is 0.106 e. The Labute approximate surface area is 119 Å². The third-order valence-electron chi connectivity index (χ3n) is 2.89. The first-order valence-electron chi connectivity index (χ1n) is 6.56. The molecular weight excluding hydrogens is 254 g/mol. The van der Waals surface area contributed by atoms with Crippen molar-refractivity contribution < 1.29 is 0 Å². The minimum atomic E-state index is 0.274. The van der Waals surface area contributed by atoms with Crippen LogP contribution < -0.4 is 5.32 Å². The molecule has 2 aromatic heterocycles. The van der Waals surface area contributed by atoms with Crippen LogP contribution in [0.3, 0.4) is 0 Å². The summed E-state index contributed by atoms with van der Waals surface area (Å²) in [5.74, 6) is 0. The van der Waals surface area contributed by atoms with Gasteiger partial charge in [-0.05, 0) is 23.5 Å². The van der Waals surface area contributed by atoms with Crippen molar-refractivity contribution in [2.24, 2.45) is 5.41 Å². The summed E-state index contributed by atoms with van der Waals surface area (Å²) in [6.07, 6.45) is 6.69. The van der Waals surface area contributed by atoms with Crippen molar-refractivity contribution in [1.82, 2.24) is 15.3 Å². The number of pyridine rings is 1. The average Bonchev–Trinajstić information content (AvgIpc) is 2.87. The summed E-state index contributed by atoms with van der Waals surface area (Å²) >= 11 is 1.69. The number of hydrogen-bond acceptors (Lipinski definition) is 4. The first-order valence-corrected chi connectivity index (χ1v) is 7.44. The Bertz CT molecular complexity index is 474. The Morgan fingerprint density at radius 1 is 1.32 bits per heavy atom. The summed E-state index contributed by atoms with van der Waals surface area (Å²) < 4.78 is 0. The summed E-state index contributed by atoms with van der Waals surface area (Å²) in [6, 6.07) is 4.45. The Hall–Kier alpha value is -1.26. The molecule has 0 saturated carbocycles. The third kappa shape index (κ3) is 4.73. The van der Waals surface area contributed by atoms with Gasteiger partial charge in [-0.15, -0.1) is 11.3 Å². The van der Waals surface area contributed by atoms with Crippen molar-refractivity contribution in [2.75, 3.05) is 0 Å². The minimum Gasteiger partial charge on any atom is -0.303 e. The van der Waals surface area contributed by atoms with Crippen molar-refractivity contribution >= 4 is 11.3 Å². The highest BCUT2D eigenvalue weighted by Gasteiger charge is 2.20. The number of nitrogens with zero attached hydrogens (tertiary/aromatic N) is 2. The molecule has 0 bridgehead atoms. The van der Waals surface area contributed by atoms with Gasteiger partial charge >= 0.3 is 0 Å². The molecule has 3 nitrogen and oxygen atoms in total. The zero-order valence-electron chi connectivity index (χ0n) is 11.8. The van der Waals surface area contributed by atoms with Gasteiger partial charge in [-0.1, -0.05) is 26.8 Å². The van der Waals surface area contributed by atoms with E-state index in [9.17, 15) is 0 Å². The van der Waals surface area contributed by atoms with E-state index in [0.717, 1.165) is 18.0 Å². The topological polar surface area (TPSA) is 37.8 Å². The van der Waals surface area contributed by atoms with Gasteiger partial charge < -0.3 is 5.32 Å². The minimum absolute atomic E-state index is 0.274. The van der Waals surface area contributed by atoms with Crippen molar-refractivity contribution in [1.29, 1.82) is 0 Å². The number of thiazole rings is 1.